The molecule has 282 valence electrons. The standard InChI is InChI=1S/3C11H20O5.Al/c3*1-7(2)15-10(16-8(3)4)6-5-9(12)11(13)14;/h3*7-8,10H,5-6H2,1-4H3,(H,13,14);/q;;;+3/p-3. The predicted octanol–water partition coefficient (Wildman–Crippen LogP) is 4.18. The monoisotopic (exact) mass is 720 g/mol. The average Bonchev–Trinajstić information content (AvgIpc) is 2.94. The molecule has 0 unspecified atom stereocenters. The number of carbonyl (C=O) groups is 6. The summed E-state index contributed by atoms with van der Waals surface area (Å²) >= 11 is -4.26. The van der Waals surface area contributed by atoms with Crippen LogP contribution in [-0.4, -0.2) is 106 Å². The maximum absolute atomic E-state index is 12.7. The lowest BCUT2D eigenvalue weighted by Crippen LogP contribution is -2.40. The molecule has 0 fully saturated rings. The van der Waals surface area contributed by atoms with Gasteiger partial charge in [-0.3, -0.25) is 14.4 Å². The van der Waals surface area contributed by atoms with Crippen LogP contribution in [0.4, 0.5) is 0 Å². The van der Waals surface area contributed by atoms with Crippen LogP contribution in [0.1, 0.15) is 122 Å². The fourth-order valence-corrected chi connectivity index (χ4v) is 4.97. The van der Waals surface area contributed by atoms with Crippen molar-refractivity contribution in [3.63, 3.8) is 0 Å². The number of ether oxygens (including phenoxy) is 6. The third kappa shape index (κ3) is 23.7. The van der Waals surface area contributed by atoms with Gasteiger partial charge in [-0.15, -0.1) is 0 Å². The predicted molar refractivity (Wildman–Crippen MR) is 175 cm³/mol. The lowest BCUT2D eigenvalue weighted by Gasteiger charge is -2.23. The summed E-state index contributed by atoms with van der Waals surface area (Å²) in [6, 6.07) is 0. The molecule has 0 spiro atoms. The Morgan fingerprint density at radius 3 is 0.714 bits per heavy atom. The van der Waals surface area contributed by atoms with Crippen molar-refractivity contribution in [2.75, 3.05) is 0 Å². The Labute approximate surface area is 295 Å². The molecule has 0 atom stereocenters. The Balaban J connectivity index is 5.73. The maximum Gasteiger partial charge on any atom is 1.20 e. The van der Waals surface area contributed by atoms with E-state index >= 15 is 0 Å². The zero-order valence-corrected chi connectivity index (χ0v) is 32.3. The number of ketones is 3. The highest BCUT2D eigenvalue weighted by atomic mass is 27.3. The maximum atomic E-state index is 12.7. The fraction of sp³-hybridized carbons (Fsp3) is 0.818. The molecule has 49 heavy (non-hydrogen) atoms. The third-order valence-electron chi connectivity index (χ3n) is 5.66. The first-order valence-corrected chi connectivity index (χ1v) is 18.3. The van der Waals surface area contributed by atoms with Gasteiger partial charge in [0, 0.05) is 38.5 Å². The van der Waals surface area contributed by atoms with Gasteiger partial charge in [0.05, 0.1) is 36.6 Å². The van der Waals surface area contributed by atoms with E-state index in [4.69, 9.17) is 39.8 Å². The lowest BCUT2D eigenvalue weighted by atomic mass is 10.2. The van der Waals surface area contributed by atoms with Gasteiger partial charge >= 0.3 is 33.1 Å². The van der Waals surface area contributed by atoms with E-state index in [1.54, 1.807) is 83.1 Å². The SMILES string of the molecule is CC(C)OC(CCC(=O)C(=O)[O][Al]([O]C(=O)C(=O)CCC(OC(C)C)OC(C)C)[O]C(=O)C(=O)CCC(OC(C)C)OC(C)C)OC(C)C. The second-order valence-corrected chi connectivity index (χ2v) is 14.1. The van der Waals surface area contributed by atoms with E-state index in [0.717, 1.165) is 0 Å². The van der Waals surface area contributed by atoms with Crippen LogP contribution in [-0.2, 0) is 68.6 Å². The van der Waals surface area contributed by atoms with Crippen LogP contribution in [0.15, 0.2) is 0 Å². The Hall–Kier alpha value is -2.29. The minimum Gasteiger partial charge on any atom is -0.545 e. The van der Waals surface area contributed by atoms with Crippen molar-refractivity contribution >= 4 is 50.4 Å². The van der Waals surface area contributed by atoms with E-state index in [1.807, 2.05) is 0 Å². The molecule has 0 aliphatic rings. The smallest absolute Gasteiger partial charge is 0.545 e. The topological polar surface area (TPSA) is 185 Å². The zero-order chi connectivity index (χ0) is 37.8. The van der Waals surface area contributed by atoms with Crippen molar-refractivity contribution in [1.29, 1.82) is 0 Å². The van der Waals surface area contributed by atoms with Crippen molar-refractivity contribution in [3.05, 3.63) is 0 Å². The minimum atomic E-state index is -4.26. The zero-order valence-electron chi connectivity index (χ0n) is 31.1. The number of hydrogen-bond donors (Lipinski definition) is 0. The van der Waals surface area contributed by atoms with Crippen LogP contribution in [0.25, 0.3) is 0 Å². The van der Waals surface area contributed by atoms with Crippen LogP contribution in [0.5, 0.6) is 0 Å². The Morgan fingerprint density at radius 2 is 0.551 bits per heavy atom. The van der Waals surface area contributed by atoms with Crippen molar-refractivity contribution in [2.24, 2.45) is 0 Å². The summed E-state index contributed by atoms with van der Waals surface area (Å²) in [6.45, 7) is 21.3. The summed E-state index contributed by atoms with van der Waals surface area (Å²) in [5.74, 6) is -7.66. The van der Waals surface area contributed by atoms with Gasteiger partial charge in [-0.25, -0.2) is 14.4 Å². The van der Waals surface area contributed by atoms with E-state index in [2.05, 4.69) is 0 Å². The minimum absolute atomic E-state index is 0.0107. The van der Waals surface area contributed by atoms with Gasteiger partial charge in [0.15, 0.2) is 18.9 Å². The summed E-state index contributed by atoms with van der Waals surface area (Å²) in [5, 5.41) is 0. The first-order chi connectivity index (χ1) is 22.7. The molecular formula is C33H57AlO15. The summed E-state index contributed by atoms with van der Waals surface area (Å²) in [6.07, 6.45) is -4.99. The van der Waals surface area contributed by atoms with E-state index in [0.29, 0.717) is 0 Å². The van der Waals surface area contributed by atoms with Crippen molar-refractivity contribution < 1.29 is 68.6 Å². The van der Waals surface area contributed by atoms with Gasteiger partial charge in [0.25, 0.3) is 0 Å². The van der Waals surface area contributed by atoms with Crippen LogP contribution < -0.4 is 0 Å². The normalized spacial score (nSPS) is 11.9. The van der Waals surface area contributed by atoms with Crippen molar-refractivity contribution in [2.45, 2.75) is 177 Å². The molecule has 0 aliphatic carbocycles. The van der Waals surface area contributed by atoms with Gasteiger partial charge < -0.3 is 39.8 Å². The van der Waals surface area contributed by atoms with Gasteiger partial charge in [-0.2, -0.15) is 0 Å². The molecule has 0 radical (unpaired) electrons. The van der Waals surface area contributed by atoms with Crippen LogP contribution in [0.2, 0.25) is 0 Å². The molecule has 0 aliphatic heterocycles. The number of rotatable bonds is 27. The molecule has 0 saturated heterocycles. The van der Waals surface area contributed by atoms with Gasteiger partial charge in [0.1, 0.15) is 0 Å². The fourth-order valence-electron chi connectivity index (χ4n) is 3.91. The summed E-state index contributed by atoms with van der Waals surface area (Å²) in [7, 11) is 0. The highest BCUT2D eigenvalue weighted by molar-refractivity contribution is 6.55. The molecule has 0 aromatic carbocycles. The van der Waals surface area contributed by atoms with Crippen LogP contribution in [0, 0.1) is 0 Å². The molecule has 0 amide bonds. The Kier molecular flexibility index (Phi) is 23.6. The molecule has 15 nitrogen and oxygen atoms in total. The van der Waals surface area contributed by atoms with E-state index < -0.39 is 69.3 Å². The highest BCUT2D eigenvalue weighted by Crippen LogP contribution is 2.15. The quantitative estimate of drug-likeness (QED) is 0.0668. The molecule has 0 rings (SSSR count). The first kappa shape index (κ1) is 46.7. The molecule has 16 heteroatoms. The average molecular weight is 721 g/mol. The number of carbonyl (C=O) groups excluding carboxylic acids is 6. The van der Waals surface area contributed by atoms with E-state index in [9.17, 15) is 28.8 Å². The van der Waals surface area contributed by atoms with Crippen molar-refractivity contribution in [3.8, 4) is 0 Å². The summed E-state index contributed by atoms with van der Waals surface area (Å²) < 4.78 is 48.7. The van der Waals surface area contributed by atoms with Gasteiger partial charge in [-0.05, 0) is 83.1 Å². The molecule has 0 N–H and O–H groups in total. The summed E-state index contributed by atoms with van der Waals surface area (Å²) in [4.78, 5) is 76.2. The Morgan fingerprint density at radius 1 is 0.367 bits per heavy atom. The molecule has 0 aromatic heterocycles. The lowest BCUT2D eigenvalue weighted by molar-refractivity contribution is -0.185. The van der Waals surface area contributed by atoms with E-state index in [-0.39, 0.29) is 75.1 Å². The number of hydrogen-bond acceptors (Lipinski definition) is 15. The molecule has 0 saturated carbocycles. The van der Waals surface area contributed by atoms with E-state index in [1.165, 1.54) is 0 Å². The molecule has 0 aromatic rings. The molecular weight excluding hydrogens is 663 g/mol. The summed E-state index contributed by atoms with van der Waals surface area (Å²) in [5.41, 5.74) is 0. The first-order valence-electron chi connectivity index (χ1n) is 16.8. The van der Waals surface area contributed by atoms with Crippen LogP contribution >= 0.6 is 0 Å². The highest BCUT2D eigenvalue weighted by Gasteiger charge is 2.52. The molecule has 0 heterocycles. The van der Waals surface area contributed by atoms with Crippen LogP contribution in [0.3, 0.4) is 0 Å². The van der Waals surface area contributed by atoms with Crippen molar-refractivity contribution in [1.82, 2.24) is 0 Å². The largest absolute Gasteiger partial charge is 1.20 e. The molecule has 0 bridgehead atoms. The van der Waals surface area contributed by atoms with Gasteiger partial charge in [0.2, 0.25) is 17.3 Å². The second-order valence-electron chi connectivity index (χ2n) is 12.8. The van der Waals surface area contributed by atoms with Gasteiger partial charge in [-0.1, -0.05) is 0 Å². The number of Topliss-reactive ketones (excluding diaryl/α,β-unsaturated/α-hetero) is 3. The Bertz CT molecular complexity index is 883. The third-order valence-corrected chi connectivity index (χ3v) is 6.88. The second kappa shape index (κ2) is 24.8.